The van der Waals surface area contributed by atoms with Gasteiger partial charge in [0.05, 0.1) is 6.54 Å². The number of carbonyl (C=O) groups is 1. The maximum absolute atomic E-state index is 12.8. The Hall–Kier alpha value is -1.44. The molecule has 8 heteroatoms. The highest BCUT2D eigenvalue weighted by Gasteiger charge is 2.08. The number of halogens is 3. The van der Waals surface area contributed by atoms with Crippen LogP contribution in [0.2, 0.25) is 0 Å². The molecular weight excluding hydrogens is 282 g/mol. The predicted octanol–water partition coefficient (Wildman–Crippen LogP) is 0.201. The molecule has 0 aliphatic rings. The topological polar surface area (TPSA) is 84.6 Å². The first-order valence-electron chi connectivity index (χ1n) is 5.25. The molecule has 0 fully saturated rings. The Morgan fingerprint density at radius 3 is 2.68 bits per heavy atom. The molecule has 1 rings (SSSR count). The van der Waals surface area contributed by atoms with Crippen LogP contribution in [0.4, 0.5) is 8.78 Å². The average Bonchev–Trinajstić information content (AvgIpc) is 2.37. The van der Waals surface area contributed by atoms with Crippen LogP contribution in [0.15, 0.2) is 18.2 Å². The SMILES string of the molecule is Cl.NCC(=O)NCC(O)COc1ccc(F)c(F)c1. The summed E-state index contributed by atoms with van der Waals surface area (Å²) in [4.78, 5) is 10.8. The number of nitrogens with two attached hydrogens (primary N) is 1. The fourth-order valence-corrected chi connectivity index (χ4v) is 1.12. The van der Waals surface area contributed by atoms with Crippen LogP contribution in [0.3, 0.4) is 0 Å². The number of aliphatic hydroxyl groups is 1. The zero-order chi connectivity index (χ0) is 13.5. The molecule has 1 amide bonds. The van der Waals surface area contributed by atoms with E-state index < -0.39 is 23.6 Å². The minimum absolute atomic E-state index is 0. The summed E-state index contributed by atoms with van der Waals surface area (Å²) in [6.45, 7) is -0.355. The maximum atomic E-state index is 12.8. The molecular formula is C11H15ClF2N2O3. The largest absolute Gasteiger partial charge is 0.491 e. The van der Waals surface area contributed by atoms with Gasteiger partial charge < -0.3 is 20.9 Å². The summed E-state index contributed by atoms with van der Waals surface area (Å²) in [5, 5.41) is 11.8. The zero-order valence-electron chi connectivity index (χ0n) is 9.94. The van der Waals surface area contributed by atoms with E-state index in [2.05, 4.69) is 5.32 Å². The van der Waals surface area contributed by atoms with Gasteiger partial charge >= 0.3 is 0 Å². The summed E-state index contributed by atoms with van der Waals surface area (Å²) in [7, 11) is 0. The molecule has 19 heavy (non-hydrogen) atoms. The van der Waals surface area contributed by atoms with Gasteiger partial charge in [-0.3, -0.25) is 4.79 Å². The number of nitrogens with one attached hydrogen (secondary N) is 1. The van der Waals surface area contributed by atoms with Crippen LogP contribution in [0, 0.1) is 11.6 Å². The van der Waals surface area contributed by atoms with Crippen LogP contribution in [0.1, 0.15) is 0 Å². The van der Waals surface area contributed by atoms with Gasteiger partial charge in [-0.05, 0) is 12.1 Å². The Balaban J connectivity index is 0.00000324. The minimum Gasteiger partial charge on any atom is -0.491 e. The molecule has 0 radical (unpaired) electrons. The van der Waals surface area contributed by atoms with Crippen molar-refractivity contribution in [2.45, 2.75) is 6.10 Å². The summed E-state index contributed by atoms with van der Waals surface area (Å²) in [5.41, 5.74) is 5.05. The van der Waals surface area contributed by atoms with Crippen molar-refractivity contribution in [3.8, 4) is 5.75 Å². The van der Waals surface area contributed by atoms with E-state index >= 15 is 0 Å². The van der Waals surface area contributed by atoms with Crippen LogP contribution < -0.4 is 15.8 Å². The van der Waals surface area contributed by atoms with Gasteiger partial charge in [0.1, 0.15) is 18.5 Å². The summed E-state index contributed by atoms with van der Waals surface area (Å²) in [6.07, 6.45) is -0.964. The van der Waals surface area contributed by atoms with Crippen LogP contribution in [0.25, 0.3) is 0 Å². The lowest BCUT2D eigenvalue weighted by atomic mass is 10.3. The third kappa shape index (κ3) is 6.32. The number of ether oxygens (including phenoxy) is 1. The van der Waals surface area contributed by atoms with Crippen LogP contribution in [-0.2, 0) is 4.79 Å². The standard InChI is InChI=1S/C11H14F2N2O3.ClH/c12-9-2-1-8(3-10(9)13)18-6-7(16)5-15-11(17)4-14;/h1-3,7,16H,4-6,14H2,(H,15,17);1H. The highest BCUT2D eigenvalue weighted by atomic mass is 35.5. The minimum atomic E-state index is -1.03. The van der Waals surface area contributed by atoms with Gasteiger partial charge in [0, 0.05) is 12.6 Å². The molecule has 1 aromatic carbocycles. The van der Waals surface area contributed by atoms with Gasteiger partial charge in [-0.2, -0.15) is 0 Å². The number of carbonyl (C=O) groups excluding carboxylic acids is 1. The van der Waals surface area contributed by atoms with Gasteiger partial charge in [0.2, 0.25) is 5.91 Å². The molecule has 1 atom stereocenters. The summed E-state index contributed by atoms with van der Waals surface area (Å²) < 4.78 is 30.5. The molecule has 1 aromatic rings. The maximum Gasteiger partial charge on any atom is 0.233 e. The number of rotatable bonds is 6. The van der Waals surface area contributed by atoms with E-state index in [-0.39, 0.29) is 37.9 Å². The number of amides is 1. The van der Waals surface area contributed by atoms with E-state index in [1.807, 2.05) is 0 Å². The van der Waals surface area contributed by atoms with E-state index in [0.717, 1.165) is 12.1 Å². The van der Waals surface area contributed by atoms with Crippen molar-refractivity contribution in [3.63, 3.8) is 0 Å². The lowest BCUT2D eigenvalue weighted by molar-refractivity contribution is -0.120. The van der Waals surface area contributed by atoms with E-state index in [1.54, 1.807) is 0 Å². The normalized spacial score (nSPS) is 11.4. The molecule has 0 bridgehead atoms. The fraction of sp³-hybridized carbons (Fsp3) is 0.364. The summed E-state index contributed by atoms with van der Waals surface area (Å²) >= 11 is 0. The quantitative estimate of drug-likeness (QED) is 0.700. The molecule has 0 spiro atoms. The lowest BCUT2D eigenvalue weighted by Crippen LogP contribution is -2.38. The first-order chi connectivity index (χ1) is 8.52. The van der Waals surface area contributed by atoms with Crippen molar-refractivity contribution in [1.82, 2.24) is 5.32 Å². The van der Waals surface area contributed by atoms with Crippen molar-refractivity contribution in [1.29, 1.82) is 0 Å². The number of hydrogen-bond donors (Lipinski definition) is 3. The highest BCUT2D eigenvalue weighted by Crippen LogP contribution is 2.15. The van der Waals surface area contributed by atoms with Gasteiger partial charge in [-0.15, -0.1) is 12.4 Å². The molecule has 1 unspecified atom stereocenters. The number of hydrogen-bond acceptors (Lipinski definition) is 4. The van der Waals surface area contributed by atoms with Crippen LogP contribution in [0.5, 0.6) is 5.75 Å². The van der Waals surface area contributed by atoms with Crippen molar-refractivity contribution in [3.05, 3.63) is 29.8 Å². The van der Waals surface area contributed by atoms with Crippen molar-refractivity contribution >= 4 is 18.3 Å². The Labute approximate surface area is 115 Å². The van der Waals surface area contributed by atoms with Crippen molar-refractivity contribution < 1.29 is 23.4 Å². The van der Waals surface area contributed by atoms with Crippen LogP contribution in [-0.4, -0.2) is 36.8 Å². The molecule has 4 N–H and O–H groups in total. The van der Waals surface area contributed by atoms with Gasteiger partial charge in [-0.25, -0.2) is 8.78 Å². The van der Waals surface area contributed by atoms with E-state index in [0.29, 0.717) is 0 Å². The van der Waals surface area contributed by atoms with E-state index in [9.17, 15) is 18.7 Å². The Kier molecular flexibility index (Phi) is 7.97. The second-order valence-electron chi connectivity index (χ2n) is 3.55. The third-order valence-electron chi connectivity index (χ3n) is 2.05. The molecule has 0 saturated carbocycles. The number of aliphatic hydroxyl groups excluding tert-OH is 1. The molecule has 0 aliphatic heterocycles. The van der Waals surface area contributed by atoms with Gasteiger partial charge in [0.15, 0.2) is 11.6 Å². The molecule has 5 nitrogen and oxygen atoms in total. The second kappa shape index (κ2) is 8.63. The summed E-state index contributed by atoms with van der Waals surface area (Å²) in [5.74, 6) is -2.31. The van der Waals surface area contributed by atoms with Gasteiger partial charge in [0.25, 0.3) is 0 Å². The molecule has 108 valence electrons. The van der Waals surface area contributed by atoms with Crippen molar-refractivity contribution in [2.75, 3.05) is 19.7 Å². The first-order valence-corrected chi connectivity index (χ1v) is 5.25. The third-order valence-corrected chi connectivity index (χ3v) is 2.05. The van der Waals surface area contributed by atoms with E-state index in [4.69, 9.17) is 10.5 Å². The van der Waals surface area contributed by atoms with Crippen LogP contribution >= 0.6 is 12.4 Å². The van der Waals surface area contributed by atoms with Crippen molar-refractivity contribution in [2.24, 2.45) is 5.73 Å². The molecule has 0 saturated heterocycles. The lowest BCUT2D eigenvalue weighted by Gasteiger charge is -2.13. The summed E-state index contributed by atoms with van der Waals surface area (Å²) in [6, 6.07) is 3.04. The smallest absolute Gasteiger partial charge is 0.233 e. The number of benzene rings is 1. The Morgan fingerprint density at radius 2 is 2.11 bits per heavy atom. The monoisotopic (exact) mass is 296 g/mol. The molecule has 0 aliphatic carbocycles. The Bertz CT molecular complexity index is 421. The molecule has 0 heterocycles. The zero-order valence-corrected chi connectivity index (χ0v) is 10.8. The fourth-order valence-electron chi connectivity index (χ4n) is 1.12. The first kappa shape index (κ1) is 17.6. The Morgan fingerprint density at radius 1 is 1.42 bits per heavy atom. The highest BCUT2D eigenvalue weighted by molar-refractivity contribution is 5.85. The second-order valence-corrected chi connectivity index (χ2v) is 3.55. The van der Waals surface area contributed by atoms with E-state index in [1.165, 1.54) is 6.07 Å². The average molecular weight is 297 g/mol. The van der Waals surface area contributed by atoms with Gasteiger partial charge in [-0.1, -0.05) is 0 Å². The predicted molar refractivity (Wildman–Crippen MR) is 67.2 cm³/mol. The molecule has 0 aromatic heterocycles.